The number of nitrogens with zero attached hydrogens (tertiary/aromatic N) is 5. The number of anilines is 1. The molecule has 2 aromatic heterocycles. The smallest absolute Gasteiger partial charge is 0.163 e. The fourth-order valence-corrected chi connectivity index (χ4v) is 3.58. The zero-order chi connectivity index (χ0) is 17.2. The first-order chi connectivity index (χ1) is 12.3. The van der Waals surface area contributed by atoms with E-state index in [0.717, 1.165) is 42.0 Å². The van der Waals surface area contributed by atoms with Crippen LogP contribution < -0.4 is 9.64 Å². The van der Waals surface area contributed by atoms with Gasteiger partial charge in [0.2, 0.25) is 0 Å². The summed E-state index contributed by atoms with van der Waals surface area (Å²) in [4.78, 5) is 11.2. The molecule has 0 amide bonds. The van der Waals surface area contributed by atoms with Crippen molar-refractivity contribution < 1.29 is 9.84 Å². The molecule has 0 bridgehead atoms. The first kappa shape index (κ1) is 15.8. The molecule has 25 heavy (non-hydrogen) atoms. The van der Waals surface area contributed by atoms with Gasteiger partial charge in [0.25, 0.3) is 0 Å². The molecule has 1 saturated heterocycles. The SMILES string of the molecule is COc1cccc([C@@H]2CCCN2c2ncnc3c2cnn3CCO)c1. The van der Waals surface area contributed by atoms with E-state index in [0.29, 0.717) is 6.54 Å². The van der Waals surface area contributed by atoms with Gasteiger partial charge in [0.1, 0.15) is 17.9 Å². The molecular formula is C18H21N5O2. The average Bonchev–Trinajstić information content (AvgIpc) is 3.29. The highest BCUT2D eigenvalue weighted by atomic mass is 16.5. The number of hydrogen-bond donors (Lipinski definition) is 1. The zero-order valence-corrected chi connectivity index (χ0v) is 14.2. The summed E-state index contributed by atoms with van der Waals surface area (Å²) < 4.78 is 7.09. The first-order valence-corrected chi connectivity index (χ1v) is 8.50. The predicted molar refractivity (Wildman–Crippen MR) is 94.7 cm³/mol. The van der Waals surface area contributed by atoms with Crippen molar-refractivity contribution in [1.29, 1.82) is 0 Å². The second-order valence-corrected chi connectivity index (χ2v) is 6.15. The van der Waals surface area contributed by atoms with E-state index >= 15 is 0 Å². The number of aromatic nitrogens is 4. The predicted octanol–water partition coefficient (Wildman–Crippen LogP) is 2.17. The summed E-state index contributed by atoms with van der Waals surface area (Å²) in [6.45, 7) is 1.41. The maximum Gasteiger partial charge on any atom is 0.163 e. The lowest BCUT2D eigenvalue weighted by Crippen LogP contribution is -2.24. The third-order valence-corrected chi connectivity index (χ3v) is 4.73. The van der Waals surface area contributed by atoms with E-state index in [4.69, 9.17) is 4.74 Å². The minimum atomic E-state index is 0.0340. The Bertz CT molecular complexity index is 879. The van der Waals surface area contributed by atoms with Gasteiger partial charge < -0.3 is 14.7 Å². The second kappa shape index (κ2) is 6.68. The van der Waals surface area contributed by atoms with Gasteiger partial charge in [-0.1, -0.05) is 12.1 Å². The quantitative estimate of drug-likeness (QED) is 0.768. The first-order valence-electron chi connectivity index (χ1n) is 8.50. The topological polar surface area (TPSA) is 76.3 Å². The summed E-state index contributed by atoms with van der Waals surface area (Å²) in [6.07, 6.45) is 5.55. The van der Waals surface area contributed by atoms with Crippen LogP contribution in [0.15, 0.2) is 36.8 Å². The van der Waals surface area contributed by atoms with Crippen molar-refractivity contribution in [1.82, 2.24) is 19.7 Å². The Morgan fingerprint density at radius 3 is 3.08 bits per heavy atom. The number of aliphatic hydroxyl groups excluding tert-OH is 1. The minimum Gasteiger partial charge on any atom is -0.497 e. The normalized spacial score (nSPS) is 17.4. The Balaban J connectivity index is 1.74. The lowest BCUT2D eigenvalue weighted by molar-refractivity contribution is 0.271. The van der Waals surface area contributed by atoms with Crippen LogP contribution in [0.5, 0.6) is 5.75 Å². The number of methoxy groups -OCH3 is 1. The van der Waals surface area contributed by atoms with Crippen LogP contribution in [0, 0.1) is 0 Å². The van der Waals surface area contributed by atoms with Crippen molar-refractivity contribution in [2.45, 2.75) is 25.4 Å². The summed E-state index contributed by atoms with van der Waals surface area (Å²) in [5.41, 5.74) is 1.99. The summed E-state index contributed by atoms with van der Waals surface area (Å²) in [6, 6.07) is 8.48. The van der Waals surface area contributed by atoms with Gasteiger partial charge in [-0.25, -0.2) is 14.6 Å². The van der Waals surface area contributed by atoms with Crippen LogP contribution in [0.1, 0.15) is 24.4 Å². The van der Waals surface area contributed by atoms with Gasteiger partial charge in [0, 0.05) is 6.54 Å². The summed E-state index contributed by atoms with van der Waals surface area (Å²) >= 11 is 0. The van der Waals surface area contributed by atoms with Gasteiger partial charge in [0.15, 0.2) is 5.65 Å². The molecule has 1 aliphatic rings. The van der Waals surface area contributed by atoms with E-state index in [1.807, 2.05) is 12.1 Å². The van der Waals surface area contributed by atoms with Crippen LogP contribution in [0.3, 0.4) is 0 Å². The second-order valence-electron chi connectivity index (χ2n) is 6.15. The van der Waals surface area contributed by atoms with Crippen LogP contribution in [0.2, 0.25) is 0 Å². The highest BCUT2D eigenvalue weighted by Crippen LogP contribution is 2.38. The highest BCUT2D eigenvalue weighted by molar-refractivity contribution is 5.87. The van der Waals surface area contributed by atoms with Crippen LogP contribution in [0.4, 0.5) is 5.82 Å². The van der Waals surface area contributed by atoms with Gasteiger partial charge in [-0.15, -0.1) is 0 Å². The zero-order valence-electron chi connectivity index (χ0n) is 14.2. The molecular weight excluding hydrogens is 318 g/mol. The summed E-state index contributed by atoms with van der Waals surface area (Å²) in [5.74, 6) is 1.77. The Labute approximate surface area is 145 Å². The van der Waals surface area contributed by atoms with Crippen LogP contribution in [-0.4, -0.2) is 45.1 Å². The Hall–Kier alpha value is -2.67. The van der Waals surface area contributed by atoms with Crippen LogP contribution in [-0.2, 0) is 6.54 Å². The lowest BCUT2D eigenvalue weighted by atomic mass is 10.0. The van der Waals surface area contributed by atoms with E-state index in [2.05, 4.69) is 32.1 Å². The standard InChI is InChI=1S/C18H21N5O2/c1-25-14-5-2-4-13(10-14)16-6-3-7-22(16)17-15-11-21-23(8-9-24)18(15)20-12-19-17/h2,4-5,10-12,16,24H,3,6-9H2,1H3/t16-/m0/s1. The van der Waals surface area contributed by atoms with Gasteiger partial charge in [-0.2, -0.15) is 5.10 Å². The fourth-order valence-electron chi connectivity index (χ4n) is 3.58. The summed E-state index contributed by atoms with van der Waals surface area (Å²) in [7, 11) is 1.69. The van der Waals surface area contributed by atoms with Crippen molar-refractivity contribution in [3.63, 3.8) is 0 Å². The monoisotopic (exact) mass is 339 g/mol. The maximum atomic E-state index is 9.19. The molecule has 3 heterocycles. The van der Waals surface area contributed by atoms with Gasteiger partial charge in [-0.3, -0.25) is 0 Å². The molecule has 1 N–H and O–H groups in total. The molecule has 4 rings (SSSR count). The molecule has 0 aliphatic carbocycles. The molecule has 0 radical (unpaired) electrons. The van der Waals surface area contributed by atoms with Crippen molar-refractivity contribution in [2.75, 3.05) is 25.2 Å². The molecule has 0 saturated carbocycles. The van der Waals surface area contributed by atoms with Gasteiger partial charge in [0.05, 0.1) is 37.9 Å². The average molecular weight is 339 g/mol. The van der Waals surface area contributed by atoms with E-state index in [-0.39, 0.29) is 12.6 Å². The minimum absolute atomic E-state index is 0.0340. The van der Waals surface area contributed by atoms with Crippen LogP contribution in [0.25, 0.3) is 11.0 Å². The maximum absolute atomic E-state index is 9.19. The van der Waals surface area contributed by atoms with Gasteiger partial charge >= 0.3 is 0 Å². The third-order valence-electron chi connectivity index (χ3n) is 4.73. The molecule has 1 atom stereocenters. The molecule has 3 aromatic rings. The largest absolute Gasteiger partial charge is 0.497 e. The molecule has 1 aliphatic heterocycles. The molecule has 7 nitrogen and oxygen atoms in total. The van der Waals surface area contributed by atoms with Gasteiger partial charge in [-0.05, 0) is 30.5 Å². The van der Waals surface area contributed by atoms with Crippen molar-refractivity contribution in [3.05, 3.63) is 42.4 Å². The Kier molecular flexibility index (Phi) is 4.23. The number of hydrogen-bond acceptors (Lipinski definition) is 6. The van der Waals surface area contributed by atoms with Crippen molar-refractivity contribution in [2.24, 2.45) is 0 Å². The number of rotatable bonds is 5. The highest BCUT2D eigenvalue weighted by Gasteiger charge is 2.29. The van der Waals surface area contributed by atoms with E-state index < -0.39 is 0 Å². The van der Waals surface area contributed by atoms with E-state index in [1.54, 1.807) is 24.3 Å². The third kappa shape index (κ3) is 2.80. The molecule has 1 fully saturated rings. The molecule has 7 heteroatoms. The van der Waals surface area contributed by atoms with E-state index in [9.17, 15) is 5.11 Å². The van der Waals surface area contributed by atoms with E-state index in [1.165, 1.54) is 5.56 Å². The number of benzene rings is 1. The Morgan fingerprint density at radius 1 is 1.32 bits per heavy atom. The molecule has 1 aromatic carbocycles. The fraction of sp³-hybridized carbons (Fsp3) is 0.389. The molecule has 130 valence electrons. The van der Waals surface area contributed by atoms with Crippen molar-refractivity contribution in [3.8, 4) is 5.75 Å². The number of aliphatic hydroxyl groups is 1. The van der Waals surface area contributed by atoms with Crippen molar-refractivity contribution >= 4 is 16.9 Å². The number of ether oxygens (including phenoxy) is 1. The summed E-state index contributed by atoms with van der Waals surface area (Å²) in [5, 5.41) is 14.5. The molecule has 0 spiro atoms. The molecule has 0 unspecified atom stereocenters. The van der Waals surface area contributed by atoms with Crippen LogP contribution >= 0.6 is 0 Å². The lowest BCUT2D eigenvalue weighted by Gasteiger charge is -2.26. The number of fused-ring (bicyclic) bond motifs is 1. The Morgan fingerprint density at radius 2 is 2.24 bits per heavy atom.